The van der Waals surface area contributed by atoms with Crippen LogP contribution in [0.4, 0.5) is 0 Å². The zero-order valence-electron chi connectivity index (χ0n) is 11.0. The summed E-state index contributed by atoms with van der Waals surface area (Å²) >= 11 is 0. The molecule has 0 spiro atoms. The van der Waals surface area contributed by atoms with E-state index in [4.69, 9.17) is 9.84 Å². The lowest BCUT2D eigenvalue weighted by atomic mass is 10.1. The van der Waals surface area contributed by atoms with Crippen molar-refractivity contribution in [2.24, 2.45) is 5.92 Å². The minimum atomic E-state index is -0.759. The molecule has 1 atom stereocenters. The number of carbonyl (C=O) groups is 1. The fraction of sp³-hybridized carbons (Fsp3) is 0.500. The van der Waals surface area contributed by atoms with Crippen molar-refractivity contribution in [2.75, 3.05) is 26.8 Å². The molecule has 1 rings (SSSR count). The molecule has 4 heteroatoms. The van der Waals surface area contributed by atoms with Crippen molar-refractivity contribution < 1.29 is 14.6 Å². The van der Waals surface area contributed by atoms with Crippen LogP contribution in [0.3, 0.4) is 0 Å². The first kappa shape index (κ1) is 14.7. The molecule has 4 nitrogen and oxygen atoms in total. The number of hydrogen-bond acceptors (Lipinski definition) is 3. The summed E-state index contributed by atoms with van der Waals surface area (Å²) in [5, 5.41) is 8.96. The highest BCUT2D eigenvalue weighted by Crippen LogP contribution is 2.07. The second-order valence-electron chi connectivity index (χ2n) is 4.45. The van der Waals surface area contributed by atoms with E-state index in [0.29, 0.717) is 13.2 Å². The monoisotopic (exact) mass is 251 g/mol. The van der Waals surface area contributed by atoms with Crippen LogP contribution < -0.4 is 0 Å². The van der Waals surface area contributed by atoms with E-state index in [1.54, 1.807) is 14.0 Å². The molecule has 0 amide bonds. The number of nitrogens with zero attached hydrogens (tertiary/aromatic N) is 1. The molecule has 0 saturated carbocycles. The predicted molar refractivity (Wildman–Crippen MR) is 70.4 cm³/mol. The van der Waals surface area contributed by atoms with Gasteiger partial charge in [-0.15, -0.1) is 0 Å². The van der Waals surface area contributed by atoms with E-state index in [-0.39, 0.29) is 5.92 Å². The number of methoxy groups -OCH3 is 1. The maximum Gasteiger partial charge on any atom is 0.307 e. The first-order valence-electron chi connectivity index (χ1n) is 6.11. The summed E-state index contributed by atoms with van der Waals surface area (Å²) in [7, 11) is 1.65. The molecule has 1 N–H and O–H groups in total. The fourth-order valence-corrected chi connectivity index (χ4v) is 1.76. The molecule has 1 unspecified atom stereocenters. The van der Waals surface area contributed by atoms with Gasteiger partial charge in [-0.25, -0.2) is 0 Å². The third kappa shape index (κ3) is 5.29. The molecule has 0 aliphatic heterocycles. The summed E-state index contributed by atoms with van der Waals surface area (Å²) in [4.78, 5) is 13.0. The zero-order valence-corrected chi connectivity index (χ0v) is 11.0. The highest BCUT2D eigenvalue weighted by Gasteiger charge is 2.16. The summed E-state index contributed by atoms with van der Waals surface area (Å²) in [5.41, 5.74) is 1.19. The minimum Gasteiger partial charge on any atom is -0.481 e. The Morgan fingerprint density at radius 1 is 1.39 bits per heavy atom. The Morgan fingerprint density at radius 2 is 2.06 bits per heavy atom. The Kier molecular flexibility index (Phi) is 6.39. The molecule has 100 valence electrons. The normalized spacial score (nSPS) is 12.6. The van der Waals surface area contributed by atoms with Gasteiger partial charge in [-0.3, -0.25) is 9.69 Å². The van der Waals surface area contributed by atoms with Crippen LogP contribution in [0.25, 0.3) is 0 Å². The van der Waals surface area contributed by atoms with Crippen molar-refractivity contribution in [3.05, 3.63) is 35.9 Å². The van der Waals surface area contributed by atoms with Crippen LogP contribution in [0.15, 0.2) is 30.3 Å². The standard InChI is InChI=1S/C14H21NO3/c1-12(14(16)17)10-15(8-9-18-2)11-13-6-4-3-5-7-13/h3-7,12H,8-11H2,1-2H3,(H,16,17). The van der Waals surface area contributed by atoms with Gasteiger partial charge < -0.3 is 9.84 Å². The van der Waals surface area contributed by atoms with Gasteiger partial charge in [0.05, 0.1) is 12.5 Å². The van der Waals surface area contributed by atoms with Gasteiger partial charge in [-0.05, 0) is 5.56 Å². The van der Waals surface area contributed by atoms with Crippen LogP contribution in [0.1, 0.15) is 12.5 Å². The molecular formula is C14H21NO3. The van der Waals surface area contributed by atoms with Crippen molar-refractivity contribution in [1.82, 2.24) is 4.90 Å². The summed E-state index contributed by atoms with van der Waals surface area (Å²) in [6.07, 6.45) is 0. The minimum absolute atomic E-state index is 0.370. The zero-order chi connectivity index (χ0) is 13.4. The largest absolute Gasteiger partial charge is 0.481 e. The number of benzene rings is 1. The van der Waals surface area contributed by atoms with Crippen LogP contribution in [-0.2, 0) is 16.1 Å². The molecular weight excluding hydrogens is 230 g/mol. The van der Waals surface area contributed by atoms with E-state index in [1.165, 1.54) is 5.56 Å². The molecule has 18 heavy (non-hydrogen) atoms. The maximum atomic E-state index is 10.9. The number of aliphatic carboxylic acids is 1. The Hall–Kier alpha value is -1.39. The van der Waals surface area contributed by atoms with Crippen molar-refractivity contribution >= 4 is 5.97 Å². The number of ether oxygens (including phenoxy) is 1. The smallest absolute Gasteiger partial charge is 0.307 e. The Labute approximate surface area is 108 Å². The molecule has 0 fully saturated rings. The Balaban J connectivity index is 2.57. The SMILES string of the molecule is COCCN(Cc1ccccc1)CC(C)C(=O)O. The second-order valence-corrected chi connectivity index (χ2v) is 4.45. The van der Waals surface area contributed by atoms with Gasteiger partial charge in [0.1, 0.15) is 0 Å². The van der Waals surface area contributed by atoms with Crippen LogP contribution in [0.2, 0.25) is 0 Å². The average Bonchev–Trinajstić information content (AvgIpc) is 2.37. The lowest BCUT2D eigenvalue weighted by Crippen LogP contribution is -2.33. The molecule has 0 bridgehead atoms. The summed E-state index contributed by atoms with van der Waals surface area (Å²) in [5.74, 6) is -1.13. The molecule has 0 heterocycles. The van der Waals surface area contributed by atoms with Crippen LogP contribution in [0, 0.1) is 5.92 Å². The highest BCUT2D eigenvalue weighted by molar-refractivity contribution is 5.69. The average molecular weight is 251 g/mol. The van der Waals surface area contributed by atoms with Gasteiger partial charge >= 0.3 is 5.97 Å². The van der Waals surface area contributed by atoms with Crippen molar-refractivity contribution in [2.45, 2.75) is 13.5 Å². The molecule has 0 aliphatic rings. The van der Waals surface area contributed by atoms with Gasteiger partial charge in [0.2, 0.25) is 0 Å². The quantitative estimate of drug-likeness (QED) is 0.766. The van der Waals surface area contributed by atoms with Gasteiger partial charge in [-0.1, -0.05) is 37.3 Å². The van der Waals surface area contributed by atoms with E-state index in [9.17, 15) is 4.79 Å². The van der Waals surface area contributed by atoms with Gasteiger partial charge in [0.15, 0.2) is 0 Å². The summed E-state index contributed by atoms with van der Waals surface area (Å²) in [6.45, 7) is 4.37. The van der Waals surface area contributed by atoms with E-state index in [0.717, 1.165) is 13.1 Å². The van der Waals surface area contributed by atoms with Gasteiger partial charge in [0.25, 0.3) is 0 Å². The van der Waals surface area contributed by atoms with Crippen LogP contribution in [-0.4, -0.2) is 42.8 Å². The molecule has 0 aliphatic carbocycles. The number of rotatable bonds is 8. The van der Waals surface area contributed by atoms with Crippen LogP contribution in [0.5, 0.6) is 0 Å². The predicted octanol–water partition coefficient (Wildman–Crippen LogP) is 1.86. The number of hydrogen-bond donors (Lipinski definition) is 1. The number of carboxylic acid groups (broad SMARTS) is 1. The molecule has 0 radical (unpaired) electrons. The van der Waals surface area contributed by atoms with Gasteiger partial charge in [0, 0.05) is 26.7 Å². The van der Waals surface area contributed by atoms with E-state index in [1.807, 2.05) is 30.3 Å². The second kappa shape index (κ2) is 7.84. The number of carboxylic acids is 1. The van der Waals surface area contributed by atoms with Crippen LogP contribution >= 0.6 is 0 Å². The fourth-order valence-electron chi connectivity index (χ4n) is 1.76. The van der Waals surface area contributed by atoms with E-state index < -0.39 is 5.97 Å². The molecule has 0 saturated heterocycles. The molecule has 1 aromatic carbocycles. The lowest BCUT2D eigenvalue weighted by Gasteiger charge is -2.23. The van der Waals surface area contributed by atoms with E-state index >= 15 is 0 Å². The topological polar surface area (TPSA) is 49.8 Å². The van der Waals surface area contributed by atoms with E-state index in [2.05, 4.69) is 4.90 Å². The third-order valence-electron chi connectivity index (χ3n) is 2.81. The third-order valence-corrected chi connectivity index (χ3v) is 2.81. The lowest BCUT2D eigenvalue weighted by molar-refractivity contribution is -0.141. The molecule has 1 aromatic rings. The first-order valence-corrected chi connectivity index (χ1v) is 6.11. The summed E-state index contributed by atoms with van der Waals surface area (Å²) < 4.78 is 5.06. The Bertz CT molecular complexity index is 353. The van der Waals surface area contributed by atoms with Crippen molar-refractivity contribution in [1.29, 1.82) is 0 Å². The van der Waals surface area contributed by atoms with Gasteiger partial charge in [-0.2, -0.15) is 0 Å². The van der Waals surface area contributed by atoms with Crippen molar-refractivity contribution in [3.63, 3.8) is 0 Å². The highest BCUT2D eigenvalue weighted by atomic mass is 16.5. The van der Waals surface area contributed by atoms with Crippen molar-refractivity contribution in [3.8, 4) is 0 Å². The summed E-state index contributed by atoms with van der Waals surface area (Å²) in [6, 6.07) is 10.0. The first-order chi connectivity index (χ1) is 8.63. The maximum absolute atomic E-state index is 10.9. The molecule has 0 aromatic heterocycles. The Morgan fingerprint density at radius 3 is 2.61 bits per heavy atom.